The molecule has 0 bridgehead atoms. The summed E-state index contributed by atoms with van der Waals surface area (Å²) in [7, 11) is 0. The van der Waals surface area contributed by atoms with E-state index >= 15 is 0 Å². The summed E-state index contributed by atoms with van der Waals surface area (Å²) in [5.41, 5.74) is 3.70. The Balaban J connectivity index is 2.12. The second-order valence-electron chi connectivity index (χ2n) is 3.79. The molecule has 2 heteroatoms. The summed E-state index contributed by atoms with van der Waals surface area (Å²) >= 11 is 0. The van der Waals surface area contributed by atoms with Gasteiger partial charge in [-0.3, -0.25) is 4.84 Å². The maximum atomic E-state index is 5.06. The lowest BCUT2D eigenvalue weighted by Crippen LogP contribution is -1.99. The highest BCUT2D eigenvalue weighted by Crippen LogP contribution is 2.11. The largest absolute Gasteiger partial charge is 0.300 e. The molecule has 0 atom stereocenters. The van der Waals surface area contributed by atoms with Gasteiger partial charge in [-0.1, -0.05) is 54.6 Å². The van der Waals surface area contributed by atoms with Gasteiger partial charge in [0.1, 0.15) is 0 Å². The maximum absolute atomic E-state index is 5.06. The topological polar surface area (TPSA) is 35.2 Å². The molecule has 2 aromatic carbocycles. The Morgan fingerprint density at radius 2 is 1.50 bits per heavy atom. The summed E-state index contributed by atoms with van der Waals surface area (Å²) in [5, 5.41) is 0. The van der Waals surface area contributed by atoms with Gasteiger partial charge in [-0.25, -0.2) is 5.90 Å². The molecule has 82 valence electrons. The van der Waals surface area contributed by atoms with Crippen molar-refractivity contribution in [3.05, 3.63) is 71.3 Å². The first-order valence-corrected chi connectivity index (χ1v) is 5.32. The third kappa shape index (κ3) is 2.92. The van der Waals surface area contributed by atoms with Crippen LogP contribution in [-0.2, 0) is 17.9 Å². The van der Waals surface area contributed by atoms with Gasteiger partial charge in [0.25, 0.3) is 0 Å². The van der Waals surface area contributed by atoms with E-state index in [2.05, 4.69) is 41.2 Å². The molecule has 0 aliphatic rings. The van der Waals surface area contributed by atoms with Crippen molar-refractivity contribution in [2.24, 2.45) is 5.90 Å². The van der Waals surface area contributed by atoms with Crippen LogP contribution in [0.4, 0.5) is 0 Å². The number of benzene rings is 2. The molecule has 2 rings (SSSR count). The minimum Gasteiger partial charge on any atom is -0.300 e. The average molecular weight is 213 g/mol. The van der Waals surface area contributed by atoms with E-state index < -0.39 is 0 Å². The smallest absolute Gasteiger partial charge is 0.0930 e. The lowest BCUT2D eigenvalue weighted by Gasteiger charge is -2.04. The van der Waals surface area contributed by atoms with Crippen molar-refractivity contribution >= 4 is 0 Å². The fourth-order valence-electron chi connectivity index (χ4n) is 1.76. The summed E-state index contributed by atoms with van der Waals surface area (Å²) in [6.07, 6.45) is 0.944. The Morgan fingerprint density at radius 1 is 0.812 bits per heavy atom. The van der Waals surface area contributed by atoms with Gasteiger partial charge in [0.2, 0.25) is 0 Å². The van der Waals surface area contributed by atoms with Crippen molar-refractivity contribution in [2.45, 2.75) is 13.0 Å². The Hall–Kier alpha value is -1.64. The maximum Gasteiger partial charge on any atom is 0.0930 e. The second kappa shape index (κ2) is 5.45. The first kappa shape index (κ1) is 10.9. The van der Waals surface area contributed by atoms with Gasteiger partial charge in [0.05, 0.1) is 6.61 Å². The van der Waals surface area contributed by atoms with E-state index in [0.717, 1.165) is 12.0 Å². The molecule has 2 aromatic rings. The molecule has 0 amide bonds. The van der Waals surface area contributed by atoms with Crippen molar-refractivity contribution in [1.82, 2.24) is 0 Å². The lowest BCUT2D eigenvalue weighted by molar-refractivity contribution is 0.124. The van der Waals surface area contributed by atoms with Crippen molar-refractivity contribution in [1.29, 1.82) is 0 Å². The zero-order valence-corrected chi connectivity index (χ0v) is 9.10. The molecule has 0 saturated carbocycles. The van der Waals surface area contributed by atoms with Crippen LogP contribution in [-0.4, -0.2) is 0 Å². The highest BCUT2D eigenvalue weighted by Gasteiger charge is 1.97. The average Bonchev–Trinajstić information content (AvgIpc) is 2.31. The van der Waals surface area contributed by atoms with E-state index in [9.17, 15) is 0 Å². The Morgan fingerprint density at radius 3 is 2.25 bits per heavy atom. The number of rotatable bonds is 4. The molecule has 0 unspecified atom stereocenters. The predicted molar refractivity (Wildman–Crippen MR) is 64.7 cm³/mol. The monoisotopic (exact) mass is 213 g/mol. The van der Waals surface area contributed by atoms with E-state index in [1.54, 1.807) is 0 Å². The standard InChI is InChI=1S/C14H15NO/c15-16-11-14-8-4-7-13(10-14)9-12-5-2-1-3-6-12/h1-8,10H,9,11,15H2. The summed E-state index contributed by atoms with van der Waals surface area (Å²) in [4.78, 5) is 4.63. The van der Waals surface area contributed by atoms with Crippen LogP contribution in [0.2, 0.25) is 0 Å². The molecule has 16 heavy (non-hydrogen) atoms. The zero-order chi connectivity index (χ0) is 11.2. The first-order valence-electron chi connectivity index (χ1n) is 5.32. The van der Waals surface area contributed by atoms with Crippen LogP contribution in [0.5, 0.6) is 0 Å². The lowest BCUT2D eigenvalue weighted by atomic mass is 10.0. The molecule has 2 N–H and O–H groups in total. The summed E-state index contributed by atoms with van der Waals surface area (Å²) in [6, 6.07) is 18.7. The van der Waals surface area contributed by atoms with Crippen molar-refractivity contribution in [3.63, 3.8) is 0 Å². The molecular formula is C14H15NO. The molecular weight excluding hydrogens is 198 g/mol. The van der Waals surface area contributed by atoms with Crippen LogP contribution >= 0.6 is 0 Å². The van der Waals surface area contributed by atoms with E-state index in [-0.39, 0.29) is 0 Å². The van der Waals surface area contributed by atoms with Gasteiger partial charge in [-0.05, 0) is 23.1 Å². The van der Waals surface area contributed by atoms with Crippen LogP contribution in [0, 0.1) is 0 Å². The Labute approximate surface area is 95.6 Å². The molecule has 0 heterocycles. The fourth-order valence-corrected chi connectivity index (χ4v) is 1.76. The highest BCUT2D eigenvalue weighted by atomic mass is 16.6. The number of nitrogens with two attached hydrogens (primary N) is 1. The summed E-state index contributed by atoms with van der Waals surface area (Å²) < 4.78 is 0. The number of hydrogen-bond acceptors (Lipinski definition) is 2. The summed E-state index contributed by atoms with van der Waals surface area (Å²) in [6.45, 7) is 0.461. The molecule has 2 nitrogen and oxygen atoms in total. The van der Waals surface area contributed by atoms with Gasteiger partial charge in [-0.2, -0.15) is 0 Å². The van der Waals surface area contributed by atoms with Crippen LogP contribution in [0.25, 0.3) is 0 Å². The predicted octanol–water partition coefficient (Wildman–Crippen LogP) is 2.67. The Bertz CT molecular complexity index is 439. The van der Waals surface area contributed by atoms with Gasteiger partial charge >= 0.3 is 0 Å². The normalized spacial score (nSPS) is 10.3. The minimum atomic E-state index is 0.461. The second-order valence-corrected chi connectivity index (χ2v) is 3.79. The Kier molecular flexibility index (Phi) is 3.70. The molecule has 0 aromatic heterocycles. The van der Waals surface area contributed by atoms with Gasteiger partial charge < -0.3 is 0 Å². The minimum absolute atomic E-state index is 0.461. The van der Waals surface area contributed by atoms with Crippen molar-refractivity contribution in [2.75, 3.05) is 0 Å². The number of hydrogen-bond donors (Lipinski definition) is 1. The molecule has 0 aliphatic carbocycles. The highest BCUT2D eigenvalue weighted by molar-refractivity contribution is 5.29. The third-order valence-corrected chi connectivity index (χ3v) is 2.49. The molecule has 0 saturated heterocycles. The summed E-state index contributed by atoms with van der Waals surface area (Å²) in [5.74, 6) is 5.06. The van der Waals surface area contributed by atoms with Gasteiger partial charge in [0, 0.05) is 0 Å². The third-order valence-electron chi connectivity index (χ3n) is 2.49. The van der Waals surface area contributed by atoms with Gasteiger partial charge in [-0.15, -0.1) is 0 Å². The molecule has 0 spiro atoms. The SMILES string of the molecule is NOCc1cccc(Cc2ccccc2)c1. The fraction of sp³-hybridized carbons (Fsp3) is 0.143. The van der Waals surface area contributed by atoms with E-state index in [0.29, 0.717) is 6.61 Å². The van der Waals surface area contributed by atoms with Crippen molar-refractivity contribution < 1.29 is 4.84 Å². The van der Waals surface area contributed by atoms with Crippen molar-refractivity contribution in [3.8, 4) is 0 Å². The first-order chi connectivity index (χ1) is 7.88. The molecule has 0 fully saturated rings. The van der Waals surface area contributed by atoms with E-state index in [1.165, 1.54) is 11.1 Å². The van der Waals surface area contributed by atoms with E-state index in [4.69, 9.17) is 5.90 Å². The van der Waals surface area contributed by atoms with Crippen LogP contribution in [0.15, 0.2) is 54.6 Å². The molecule has 0 aliphatic heterocycles. The van der Waals surface area contributed by atoms with E-state index in [1.807, 2.05) is 18.2 Å². The van der Waals surface area contributed by atoms with Crippen LogP contribution < -0.4 is 5.90 Å². The zero-order valence-electron chi connectivity index (χ0n) is 9.10. The van der Waals surface area contributed by atoms with Gasteiger partial charge in [0.15, 0.2) is 0 Å². The van der Waals surface area contributed by atoms with Crippen LogP contribution in [0.1, 0.15) is 16.7 Å². The van der Waals surface area contributed by atoms with Crippen LogP contribution in [0.3, 0.4) is 0 Å². The quantitative estimate of drug-likeness (QED) is 0.792. The molecule has 0 radical (unpaired) electrons.